The third-order valence-corrected chi connectivity index (χ3v) is 7.84. The highest BCUT2D eigenvalue weighted by Crippen LogP contribution is 2.38. The Labute approximate surface area is 197 Å². The fourth-order valence-corrected chi connectivity index (χ4v) is 5.65. The van der Waals surface area contributed by atoms with E-state index in [-0.39, 0.29) is 16.6 Å². The molecule has 0 bridgehead atoms. The quantitative estimate of drug-likeness (QED) is 0.517. The van der Waals surface area contributed by atoms with Crippen molar-refractivity contribution in [3.8, 4) is 17.8 Å². The van der Waals surface area contributed by atoms with Crippen LogP contribution in [0, 0.1) is 11.3 Å². The Bertz CT molecular complexity index is 1460. The topological polar surface area (TPSA) is 148 Å². The Kier molecular flexibility index (Phi) is 4.87. The van der Waals surface area contributed by atoms with Gasteiger partial charge < -0.3 is 18.8 Å². The first-order valence-electron chi connectivity index (χ1n) is 10.8. The molecule has 15 heteroatoms. The van der Waals surface area contributed by atoms with Crippen LogP contribution in [0.3, 0.4) is 0 Å². The summed E-state index contributed by atoms with van der Waals surface area (Å²) in [6.07, 6.45) is 0.647. The maximum absolute atomic E-state index is 13.3. The predicted octanol–water partition coefficient (Wildman–Crippen LogP) is 1.26. The lowest BCUT2D eigenvalue weighted by Crippen LogP contribution is -2.63. The van der Waals surface area contributed by atoms with Gasteiger partial charge in [0.05, 0.1) is 49.8 Å². The molecule has 1 saturated carbocycles. The molecule has 0 atom stereocenters. The average molecular weight is 507 g/mol. The Morgan fingerprint density at radius 3 is 2.69 bits per heavy atom. The van der Waals surface area contributed by atoms with Crippen molar-refractivity contribution in [2.45, 2.75) is 35.3 Å². The Balaban J connectivity index is 1.49. The van der Waals surface area contributed by atoms with E-state index in [4.69, 9.17) is 13.9 Å². The summed E-state index contributed by atoms with van der Waals surface area (Å²) in [4.78, 5) is 6.11. The molecule has 3 fully saturated rings. The maximum atomic E-state index is 13.3. The molecule has 1 aliphatic carbocycles. The molecule has 3 aromatic heterocycles. The molecule has 6 rings (SSSR count). The van der Waals surface area contributed by atoms with Gasteiger partial charge in [-0.2, -0.15) is 18.8 Å². The van der Waals surface area contributed by atoms with Crippen LogP contribution in [0.25, 0.3) is 17.2 Å². The molecule has 12 nitrogen and oxygen atoms in total. The molecule has 2 aliphatic heterocycles. The lowest BCUT2D eigenvalue weighted by atomic mass is 9.99. The number of rotatable bonds is 6. The molecule has 0 aromatic carbocycles. The van der Waals surface area contributed by atoms with Crippen LogP contribution < -0.4 is 9.62 Å². The highest BCUT2D eigenvalue weighted by Gasteiger charge is 2.47. The van der Waals surface area contributed by atoms with Gasteiger partial charge in [0.25, 0.3) is 11.8 Å². The molecule has 3 aliphatic rings. The van der Waals surface area contributed by atoms with E-state index in [2.05, 4.69) is 19.9 Å². The van der Waals surface area contributed by atoms with Crippen LogP contribution in [0.2, 0.25) is 0 Å². The molecular formula is C20H19F2N7O5S. The van der Waals surface area contributed by atoms with Crippen LogP contribution in [0.1, 0.15) is 25.2 Å². The number of ether oxygens (including phenoxy) is 2. The van der Waals surface area contributed by atoms with Gasteiger partial charge in [-0.1, -0.05) is 0 Å². The van der Waals surface area contributed by atoms with Crippen molar-refractivity contribution < 1.29 is 31.1 Å². The summed E-state index contributed by atoms with van der Waals surface area (Å²) in [5.41, 5.74) is -0.564. The number of imidazole rings is 1. The van der Waals surface area contributed by atoms with Crippen LogP contribution in [0.4, 0.5) is 14.5 Å². The Morgan fingerprint density at radius 1 is 1.26 bits per heavy atom. The van der Waals surface area contributed by atoms with E-state index in [1.54, 1.807) is 0 Å². The van der Waals surface area contributed by atoms with Crippen LogP contribution >= 0.6 is 0 Å². The smallest absolute Gasteiger partial charge is 0.314 e. The minimum atomic E-state index is -4.12. The molecule has 0 unspecified atom stereocenters. The second kappa shape index (κ2) is 7.65. The Hall–Kier alpha value is -3.19. The molecule has 2 saturated heterocycles. The summed E-state index contributed by atoms with van der Waals surface area (Å²) >= 11 is 0. The number of sulfonamides is 1. The first kappa shape index (κ1) is 22.3. The van der Waals surface area contributed by atoms with Gasteiger partial charge in [-0.05, 0) is 18.9 Å². The number of alkyl halides is 2. The number of morpholine rings is 1. The molecule has 35 heavy (non-hydrogen) atoms. The maximum Gasteiger partial charge on any atom is 0.314 e. The standard InChI is InChI=1S/C20H19F2N7O5S/c21-15(22)17-25-26-18(34-17)16-24-6-14-13(28-3-4-33-20(9-28)10-32-11-20)5-12(7-29(14)16)35(30,31)27-19(8-23)1-2-19/h5-7,15,27H,1-4,9-11H2. The molecule has 1 spiro atoms. The first-order valence-corrected chi connectivity index (χ1v) is 12.3. The number of anilines is 1. The zero-order valence-electron chi connectivity index (χ0n) is 18.1. The monoisotopic (exact) mass is 507 g/mol. The van der Waals surface area contributed by atoms with E-state index >= 15 is 0 Å². The highest BCUT2D eigenvalue weighted by molar-refractivity contribution is 7.89. The third-order valence-electron chi connectivity index (χ3n) is 6.34. The number of halogens is 2. The van der Waals surface area contributed by atoms with Crippen LogP contribution in [-0.2, 0) is 19.5 Å². The Morgan fingerprint density at radius 2 is 2.06 bits per heavy atom. The summed E-state index contributed by atoms with van der Waals surface area (Å²) in [7, 11) is -4.12. The molecular weight excluding hydrogens is 488 g/mol. The van der Waals surface area contributed by atoms with Crippen molar-refractivity contribution >= 4 is 21.2 Å². The fourth-order valence-electron chi connectivity index (χ4n) is 4.26. The van der Waals surface area contributed by atoms with Gasteiger partial charge in [0.2, 0.25) is 15.8 Å². The molecule has 0 amide bonds. The molecule has 3 aromatic rings. The number of pyridine rings is 1. The number of nitrogens with zero attached hydrogens (tertiary/aromatic N) is 6. The van der Waals surface area contributed by atoms with Gasteiger partial charge in [-0.3, -0.25) is 4.40 Å². The van der Waals surface area contributed by atoms with Gasteiger partial charge in [-0.15, -0.1) is 10.2 Å². The van der Waals surface area contributed by atoms with E-state index < -0.39 is 33.5 Å². The van der Waals surface area contributed by atoms with Gasteiger partial charge >= 0.3 is 6.43 Å². The zero-order chi connectivity index (χ0) is 24.4. The summed E-state index contributed by atoms with van der Waals surface area (Å²) in [6, 6.07) is 3.52. The SMILES string of the molecule is N#CC1(NS(=O)(=O)c2cc(N3CCOC4(COC4)C3)c3cnc(-c4nnc(C(F)F)o4)n3c2)CC1. The summed E-state index contributed by atoms with van der Waals surface area (Å²) in [5, 5.41) is 16.4. The third kappa shape index (κ3) is 3.73. The second-order valence-corrected chi connectivity index (χ2v) is 10.6. The summed E-state index contributed by atoms with van der Waals surface area (Å²) < 4.78 is 72.7. The van der Waals surface area contributed by atoms with Crippen LogP contribution in [0.5, 0.6) is 0 Å². The molecule has 0 radical (unpaired) electrons. The van der Waals surface area contributed by atoms with Crippen molar-refractivity contribution in [2.75, 3.05) is 37.8 Å². The first-order chi connectivity index (χ1) is 16.7. The highest BCUT2D eigenvalue weighted by atomic mass is 32.2. The van der Waals surface area contributed by atoms with Crippen LogP contribution in [0.15, 0.2) is 27.8 Å². The van der Waals surface area contributed by atoms with Crippen molar-refractivity contribution in [2.24, 2.45) is 0 Å². The van der Waals surface area contributed by atoms with E-state index in [1.807, 2.05) is 11.0 Å². The van der Waals surface area contributed by atoms with E-state index in [0.717, 1.165) is 0 Å². The number of aromatic nitrogens is 4. The second-order valence-electron chi connectivity index (χ2n) is 8.89. The lowest BCUT2D eigenvalue weighted by molar-refractivity contribution is -0.211. The van der Waals surface area contributed by atoms with E-state index in [9.17, 15) is 22.5 Å². The number of hydrogen-bond acceptors (Lipinski definition) is 10. The van der Waals surface area contributed by atoms with Gasteiger partial charge in [0, 0.05) is 12.7 Å². The predicted molar refractivity (Wildman–Crippen MR) is 113 cm³/mol. The largest absolute Gasteiger partial charge is 0.412 e. The van der Waals surface area contributed by atoms with Gasteiger partial charge in [-0.25, -0.2) is 13.4 Å². The number of nitriles is 1. The van der Waals surface area contributed by atoms with Crippen molar-refractivity contribution in [1.29, 1.82) is 5.26 Å². The zero-order valence-corrected chi connectivity index (χ0v) is 19.0. The van der Waals surface area contributed by atoms with Crippen LogP contribution in [-0.4, -0.2) is 72.0 Å². The summed E-state index contributed by atoms with van der Waals surface area (Å²) in [5.74, 6) is -1.14. The number of fused-ring (bicyclic) bond motifs is 1. The van der Waals surface area contributed by atoms with Crippen molar-refractivity contribution in [3.63, 3.8) is 0 Å². The van der Waals surface area contributed by atoms with Crippen molar-refractivity contribution in [3.05, 3.63) is 24.4 Å². The van der Waals surface area contributed by atoms with E-state index in [0.29, 0.717) is 57.0 Å². The number of nitrogens with one attached hydrogen (secondary N) is 1. The summed E-state index contributed by atoms with van der Waals surface area (Å²) in [6.45, 7) is 2.19. The fraction of sp³-hybridized carbons (Fsp3) is 0.500. The number of hydrogen-bond donors (Lipinski definition) is 1. The van der Waals surface area contributed by atoms with Crippen molar-refractivity contribution in [1.82, 2.24) is 24.3 Å². The minimum Gasteiger partial charge on any atom is -0.412 e. The van der Waals surface area contributed by atoms with Gasteiger partial charge in [0.1, 0.15) is 16.0 Å². The minimum absolute atomic E-state index is 0.00840. The average Bonchev–Trinajstić information content (AvgIpc) is 3.21. The molecule has 5 heterocycles. The lowest BCUT2D eigenvalue weighted by Gasteiger charge is -2.48. The van der Waals surface area contributed by atoms with Gasteiger partial charge in [0.15, 0.2) is 0 Å². The normalized spacial score (nSPS) is 20.8. The van der Waals surface area contributed by atoms with E-state index in [1.165, 1.54) is 22.9 Å². The molecule has 184 valence electrons. The molecule has 1 N–H and O–H groups in total.